The Balaban J connectivity index is 2.52. The SMILES string of the molecule is COCC(O)CN(C)C(=O)CC(C)c1cccc(F)c1. The molecule has 1 aromatic carbocycles. The second-order valence-electron chi connectivity index (χ2n) is 5.04. The van der Waals surface area contributed by atoms with Crippen molar-refractivity contribution in [3.63, 3.8) is 0 Å². The lowest BCUT2D eigenvalue weighted by molar-refractivity contribution is -0.131. The summed E-state index contributed by atoms with van der Waals surface area (Å²) < 4.78 is 18.0. The summed E-state index contributed by atoms with van der Waals surface area (Å²) in [6.07, 6.45) is -0.418. The molecule has 0 saturated heterocycles. The highest BCUT2D eigenvalue weighted by atomic mass is 19.1. The van der Waals surface area contributed by atoms with Gasteiger partial charge in [0.15, 0.2) is 0 Å². The van der Waals surface area contributed by atoms with E-state index in [9.17, 15) is 14.3 Å². The van der Waals surface area contributed by atoms with Gasteiger partial charge in [-0.2, -0.15) is 0 Å². The highest BCUT2D eigenvalue weighted by molar-refractivity contribution is 5.76. The number of carbonyl (C=O) groups excluding carboxylic acids is 1. The van der Waals surface area contributed by atoms with Crippen LogP contribution >= 0.6 is 0 Å². The van der Waals surface area contributed by atoms with Crippen LogP contribution in [0.15, 0.2) is 24.3 Å². The van der Waals surface area contributed by atoms with Crippen LogP contribution in [-0.2, 0) is 9.53 Å². The molecule has 1 N–H and O–H groups in total. The van der Waals surface area contributed by atoms with Gasteiger partial charge in [0.05, 0.1) is 12.7 Å². The number of methoxy groups -OCH3 is 1. The Morgan fingerprint density at radius 2 is 2.20 bits per heavy atom. The van der Waals surface area contributed by atoms with E-state index in [0.717, 1.165) is 5.56 Å². The van der Waals surface area contributed by atoms with E-state index in [1.54, 1.807) is 19.2 Å². The summed E-state index contributed by atoms with van der Waals surface area (Å²) in [5.74, 6) is -0.456. The van der Waals surface area contributed by atoms with Crippen LogP contribution in [0.5, 0.6) is 0 Å². The number of hydrogen-bond donors (Lipinski definition) is 1. The molecule has 0 aliphatic rings. The molecule has 0 aliphatic heterocycles. The van der Waals surface area contributed by atoms with Crippen molar-refractivity contribution in [1.82, 2.24) is 4.90 Å². The Bertz CT molecular complexity index is 439. The molecule has 0 bridgehead atoms. The third-order valence-electron chi connectivity index (χ3n) is 3.17. The summed E-state index contributed by atoms with van der Waals surface area (Å²) >= 11 is 0. The predicted octanol–water partition coefficient (Wildman–Crippen LogP) is 1.78. The molecular weight excluding hydrogens is 261 g/mol. The molecule has 0 aliphatic carbocycles. The quantitative estimate of drug-likeness (QED) is 0.830. The van der Waals surface area contributed by atoms with E-state index in [-0.39, 0.29) is 37.2 Å². The molecule has 2 unspecified atom stereocenters. The normalized spacial score (nSPS) is 13.8. The molecule has 1 amide bonds. The minimum Gasteiger partial charge on any atom is -0.389 e. The zero-order chi connectivity index (χ0) is 15.1. The van der Waals surface area contributed by atoms with Crippen LogP contribution in [0, 0.1) is 5.82 Å². The zero-order valence-corrected chi connectivity index (χ0v) is 12.2. The lowest BCUT2D eigenvalue weighted by Gasteiger charge is -2.22. The van der Waals surface area contributed by atoms with Gasteiger partial charge in [-0.15, -0.1) is 0 Å². The minimum atomic E-state index is -0.696. The van der Waals surface area contributed by atoms with Crippen LogP contribution < -0.4 is 0 Å². The topological polar surface area (TPSA) is 49.8 Å². The molecule has 1 aromatic rings. The largest absolute Gasteiger partial charge is 0.389 e. The standard InChI is InChI=1S/C15H22FNO3/c1-11(12-5-4-6-13(16)8-12)7-15(19)17(2)9-14(18)10-20-3/h4-6,8,11,14,18H,7,9-10H2,1-3H3. The van der Waals surface area contributed by atoms with Crippen molar-refractivity contribution in [3.8, 4) is 0 Å². The Hall–Kier alpha value is -1.46. The summed E-state index contributed by atoms with van der Waals surface area (Å²) in [6.45, 7) is 2.30. The summed E-state index contributed by atoms with van der Waals surface area (Å²) in [6, 6.07) is 6.27. The first-order chi connectivity index (χ1) is 9.43. The number of aliphatic hydroxyl groups is 1. The number of aliphatic hydroxyl groups excluding tert-OH is 1. The van der Waals surface area contributed by atoms with Crippen LogP contribution in [0.2, 0.25) is 0 Å². The Kier molecular flexibility index (Phi) is 6.61. The van der Waals surface area contributed by atoms with E-state index >= 15 is 0 Å². The predicted molar refractivity (Wildman–Crippen MR) is 75.0 cm³/mol. The number of hydrogen-bond acceptors (Lipinski definition) is 3. The highest BCUT2D eigenvalue weighted by Crippen LogP contribution is 2.20. The second kappa shape index (κ2) is 7.97. The van der Waals surface area contributed by atoms with Gasteiger partial charge in [0.2, 0.25) is 5.91 Å². The average Bonchev–Trinajstić information content (AvgIpc) is 2.38. The first kappa shape index (κ1) is 16.6. The summed E-state index contributed by atoms with van der Waals surface area (Å²) in [7, 11) is 3.14. The van der Waals surface area contributed by atoms with Crippen LogP contribution in [0.25, 0.3) is 0 Å². The molecule has 0 fully saturated rings. The number of carbonyl (C=O) groups is 1. The van der Waals surface area contributed by atoms with Gasteiger partial charge < -0.3 is 14.7 Å². The van der Waals surface area contributed by atoms with E-state index in [2.05, 4.69) is 0 Å². The van der Waals surface area contributed by atoms with Gasteiger partial charge in [0.25, 0.3) is 0 Å². The Morgan fingerprint density at radius 1 is 1.50 bits per heavy atom. The maximum atomic E-state index is 13.1. The van der Waals surface area contributed by atoms with Crippen molar-refractivity contribution in [2.45, 2.75) is 25.4 Å². The maximum absolute atomic E-state index is 13.1. The van der Waals surface area contributed by atoms with Gasteiger partial charge in [-0.25, -0.2) is 4.39 Å². The van der Waals surface area contributed by atoms with Crippen molar-refractivity contribution in [1.29, 1.82) is 0 Å². The molecule has 4 nitrogen and oxygen atoms in total. The van der Waals surface area contributed by atoms with Crippen LogP contribution in [0.3, 0.4) is 0 Å². The van der Waals surface area contributed by atoms with Gasteiger partial charge in [-0.05, 0) is 23.6 Å². The molecule has 20 heavy (non-hydrogen) atoms. The third kappa shape index (κ3) is 5.27. The van der Waals surface area contributed by atoms with E-state index in [4.69, 9.17) is 4.74 Å². The summed E-state index contributed by atoms with van der Waals surface area (Å²) in [5, 5.41) is 9.59. The van der Waals surface area contributed by atoms with E-state index in [1.807, 2.05) is 6.92 Å². The molecule has 0 radical (unpaired) electrons. The molecule has 0 spiro atoms. The molecule has 2 atom stereocenters. The Labute approximate surface area is 119 Å². The number of halogens is 1. The van der Waals surface area contributed by atoms with Crippen molar-refractivity contribution in [2.75, 3.05) is 27.3 Å². The van der Waals surface area contributed by atoms with Crippen LogP contribution in [0.4, 0.5) is 4.39 Å². The number of rotatable bonds is 7. The van der Waals surface area contributed by atoms with Crippen molar-refractivity contribution < 1.29 is 19.0 Å². The monoisotopic (exact) mass is 283 g/mol. The van der Waals surface area contributed by atoms with Gasteiger partial charge in [-0.3, -0.25) is 4.79 Å². The molecule has 0 aromatic heterocycles. The van der Waals surface area contributed by atoms with Gasteiger partial charge >= 0.3 is 0 Å². The molecule has 0 heterocycles. The fourth-order valence-electron chi connectivity index (χ4n) is 2.01. The minimum absolute atomic E-state index is 0.0692. The fraction of sp³-hybridized carbons (Fsp3) is 0.533. The summed E-state index contributed by atoms with van der Waals surface area (Å²) in [5.41, 5.74) is 0.796. The zero-order valence-electron chi connectivity index (χ0n) is 12.2. The van der Waals surface area contributed by atoms with E-state index in [0.29, 0.717) is 0 Å². The van der Waals surface area contributed by atoms with E-state index < -0.39 is 6.10 Å². The average molecular weight is 283 g/mol. The fourth-order valence-corrected chi connectivity index (χ4v) is 2.01. The lowest BCUT2D eigenvalue weighted by atomic mass is 9.97. The number of benzene rings is 1. The molecule has 5 heteroatoms. The van der Waals surface area contributed by atoms with Crippen molar-refractivity contribution >= 4 is 5.91 Å². The smallest absolute Gasteiger partial charge is 0.223 e. The highest BCUT2D eigenvalue weighted by Gasteiger charge is 2.17. The van der Waals surface area contributed by atoms with Gasteiger partial charge in [0, 0.05) is 27.1 Å². The molecule has 0 saturated carbocycles. The van der Waals surface area contributed by atoms with Gasteiger partial charge in [-0.1, -0.05) is 19.1 Å². The van der Waals surface area contributed by atoms with Crippen molar-refractivity contribution in [2.24, 2.45) is 0 Å². The van der Waals surface area contributed by atoms with E-state index in [1.165, 1.54) is 24.1 Å². The number of ether oxygens (including phenoxy) is 1. The van der Waals surface area contributed by atoms with Crippen LogP contribution in [0.1, 0.15) is 24.8 Å². The summed E-state index contributed by atoms with van der Waals surface area (Å²) in [4.78, 5) is 13.5. The number of nitrogens with zero attached hydrogens (tertiary/aromatic N) is 1. The second-order valence-corrected chi connectivity index (χ2v) is 5.04. The van der Waals surface area contributed by atoms with Crippen molar-refractivity contribution in [3.05, 3.63) is 35.6 Å². The first-order valence-electron chi connectivity index (χ1n) is 6.60. The Morgan fingerprint density at radius 3 is 2.80 bits per heavy atom. The lowest BCUT2D eigenvalue weighted by Crippen LogP contribution is -2.36. The number of amides is 1. The molecule has 1 rings (SSSR count). The van der Waals surface area contributed by atoms with Crippen LogP contribution in [-0.4, -0.2) is 49.3 Å². The maximum Gasteiger partial charge on any atom is 0.223 e. The molecular formula is C15H22FNO3. The van der Waals surface area contributed by atoms with Gasteiger partial charge in [0.1, 0.15) is 5.82 Å². The number of likely N-dealkylation sites (N-methyl/N-ethyl adjacent to an activating group) is 1. The first-order valence-corrected chi connectivity index (χ1v) is 6.60. The third-order valence-corrected chi connectivity index (χ3v) is 3.17. The molecule has 112 valence electrons.